The number of hydrogen-bond acceptors (Lipinski definition) is 5. The van der Waals surface area contributed by atoms with Gasteiger partial charge in [0.25, 0.3) is 5.91 Å². The van der Waals surface area contributed by atoms with Crippen LogP contribution < -0.4 is 14.8 Å². The van der Waals surface area contributed by atoms with Crippen molar-refractivity contribution >= 4 is 17.8 Å². The summed E-state index contributed by atoms with van der Waals surface area (Å²) in [5.41, 5.74) is 0.820. The molecule has 0 saturated carbocycles. The Kier molecular flexibility index (Phi) is 5.00. The van der Waals surface area contributed by atoms with Gasteiger partial charge in [0.05, 0.1) is 6.54 Å². The lowest BCUT2D eigenvalue weighted by Crippen LogP contribution is -2.48. The number of aryl methyl sites for hydroxylation is 1. The highest BCUT2D eigenvalue weighted by atomic mass is 16.6. The molecule has 8 heteroatoms. The molecule has 1 fully saturated rings. The maximum absolute atomic E-state index is 13.3. The van der Waals surface area contributed by atoms with Gasteiger partial charge in [0.1, 0.15) is 18.7 Å². The monoisotopic (exact) mass is 435 g/mol. The molecule has 8 nitrogen and oxygen atoms in total. The average Bonchev–Trinajstić information content (AvgIpc) is 3.30. The van der Waals surface area contributed by atoms with E-state index in [4.69, 9.17) is 9.47 Å². The Bertz CT molecular complexity index is 1090. The molecule has 0 aromatic heterocycles. The van der Waals surface area contributed by atoms with Crippen molar-refractivity contribution in [1.82, 2.24) is 15.1 Å². The smallest absolute Gasteiger partial charge is 0.325 e. The predicted octanol–water partition coefficient (Wildman–Crippen LogP) is 2.07. The summed E-state index contributed by atoms with van der Waals surface area (Å²) in [6.07, 6.45) is 0.891. The van der Waals surface area contributed by atoms with Gasteiger partial charge in [-0.25, -0.2) is 4.79 Å². The Hall–Kier alpha value is -3.55. The van der Waals surface area contributed by atoms with Gasteiger partial charge in [-0.15, -0.1) is 0 Å². The lowest BCUT2D eigenvalue weighted by molar-refractivity contribution is -0.139. The maximum Gasteiger partial charge on any atom is 0.325 e. The van der Waals surface area contributed by atoms with Crippen molar-refractivity contribution in [3.63, 3.8) is 0 Å². The standard InChI is InChI=1S/C24H25N3O5/c1-2-26(13-17-15-31-19-9-5-6-10-20(19)32-17)21(28)14-27-22(29)24(25-23(27)30)12-11-16-7-3-4-8-18(16)24/h3-10,17H,2,11-15H2,1H3,(H,25,30)/t17-,24+/m0/s1. The summed E-state index contributed by atoms with van der Waals surface area (Å²) >= 11 is 0. The molecule has 32 heavy (non-hydrogen) atoms. The first-order chi connectivity index (χ1) is 15.5. The van der Waals surface area contributed by atoms with Crippen LogP contribution in [0, 0.1) is 0 Å². The van der Waals surface area contributed by atoms with Gasteiger partial charge in [-0.2, -0.15) is 0 Å². The summed E-state index contributed by atoms with van der Waals surface area (Å²) in [4.78, 5) is 41.7. The van der Waals surface area contributed by atoms with E-state index in [0.29, 0.717) is 44.0 Å². The SMILES string of the molecule is CCN(C[C@H]1COc2ccccc2O1)C(=O)CN1C(=O)N[C@@]2(CCc3ccccc32)C1=O. The highest BCUT2D eigenvalue weighted by Gasteiger charge is 2.55. The molecule has 5 rings (SSSR count). The number of nitrogens with one attached hydrogen (secondary N) is 1. The molecule has 1 aliphatic carbocycles. The number of carbonyl (C=O) groups excluding carboxylic acids is 3. The van der Waals surface area contributed by atoms with Crippen LogP contribution >= 0.6 is 0 Å². The minimum atomic E-state index is -1.06. The summed E-state index contributed by atoms with van der Waals surface area (Å²) < 4.78 is 11.7. The van der Waals surface area contributed by atoms with E-state index >= 15 is 0 Å². The average molecular weight is 435 g/mol. The molecule has 3 aliphatic rings. The molecule has 1 spiro atoms. The van der Waals surface area contributed by atoms with Gasteiger partial charge in [0.15, 0.2) is 17.6 Å². The summed E-state index contributed by atoms with van der Waals surface area (Å²) in [6.45, 7) is 2.62. The largest absolute Gasteiger partial charge is 0.486 e. The van der Waals surface area contributed by atoms with E-state index in [1.54, 1.807) is 4.90 Å². The molecule has 2 atom stereocenters. The van der Waals surface area contributed by atoms with E-state index in [2.05, 4.69) is 5.32 Å². The normalized spacial score (nSPS) is 23.3. The van der Waals surface area contributed by atoms with E-state index in [0.717, 1.165) is 16.0 Å². The summed E-state index contributed by atoms with van der Waals surface area (Å²) in [7, 11) is 0. The fourth-order valence-electron chi connectivity index (χ4n) is 4.77. The lowest BCUT2D eigenvalue weighted by Gasteiger charge is -2.31. The van der Waals surface area contributed by atoms with E-state index in [1.165, 1.54) is 0 Å². The number of para-hydroxylation sites is 2. The van der Waals surface area contributed by atoms with Crippen LogP contribution in [0.15, 0.2) is 48.5 Å². The zero-order valence-corrected chi connectivity index (χ0v) is 17.9. The van der Waals surface area contributed by atoms with Gasteiger partial charge in [-0.3, -0.25) is 14.5 Å². The zero-order chi connectivity index (χ0) is 22.3. The molecule has 0 radical (unpaired) electrons. The number of imide groups is 1. The van der Waals surface area contributed by atoms with Gasteiger partial charge in [0.2, 0.25) is 5.91 Å². The van der Waals surface area contributed by atoms with Crippen molar-refractivity contribution in [1.29, 1.82) is 0 Å². The van der Waals surface area contributed by atoms with Crippen LogP contribution in [0.4, 0.5) is 4.79 Å². The number of carbonyl (C=O) groups is 3. The topological polar surface area (TPSA) is 88.2 Å². The van der Waals surface area contributed by atoms with Crippen LogP contribution in [0.2, 0.25) is 0 Å². The Morgan fingerprint density at radius 3 is 2.72 bits per heavy atom. The molecule has 1 N–H and O–H groups in total. The number of amides is 4. The van der Waals surface area contributed by atoms with Crippen molar-refractivity contribution in [2.75, 3.05) is 26.2 Å². The van der Waals surface area contributed by atoms with Gasteiger partial charge in [-0.05, 0) is 43.0 Å². The first-order valence-corrected chi connectivity index (χ1v) is 10.9. The number of ether oxygens (including phenoxy) is 2. The van der Waals surface area contributed by atoms with E-state index < -0.39 is 11.6 Å². The number of likely N-dealkylation sites (N-methyl/N-ethyl adjacent to an activating group) is 1. The quantitative estimate of drug-likeness (QED) is 0.727. The highest BCUT2D eigenvalue weighted by Crippen LogP contribution is 2.41. The molecule has 2 aromatic rings. The van der Waals surface area contributed by atoms with Crippen molar-refractivity contribution < 1.29 is 23.9 Å². The second-order valence-corrected chi connectivity index (χ2v) is 8.31. The molecular formula is C24H25N3O5. The third kappa shape index (κ3) is 3.26. The molecule has 2 aromatic carbocycles. The second-order valence-electron chi connectivity index (χ2n) is 8.31. The Morgan fingerprint density at radius 1 is 1.16 bits per heavy atom. The third-order valence-electron chi connectivity index (χ3n) is 6.44. The van der Waals surface area contributed by atoms with E-state index in [-0.39, 0.29) is 24.5 Å². The molecule has 166 valence electrons. The van der Waals surface area contributed by atoms with Crippen LogP contribution in [0.3, 0.4) is 0 Å². The lowest BCUT2D eigenvalue weighted by atomic mass is 9.92. The van der Waals surface area contributed by atoms with Crippen LogP contribution in [0.25, 0.3) is 0 Å². The maximum atomic E-state index is 13.3. The van der Waals surface area contributed by atoms with Gasteiger partial charge in [0, 0.05) is 6.54 Å². The molecule has 1 saturated heterocycles. The molecule has 0 bridgehead atoms. The summed E-state index contributed by atoms with van der Waals surface area (Å²) in [5, 5.41) is 2.86. The fraction of sp³-hybridized carbons (Fsp3) is 0.375. The molecular weight excluding hydrogens is 410 g/mol. The van der Waals surface area contributed by atoms with Crippen molar-refractivity contribution in [3.05, 3.63) is 59.7 Å². The Labute approximate surface area is 186 Å². The summed E-state index contributed by atoms with van der Waals surface area (Å²) in [5.74, 6) is 0.660. The fourth-order valence-corrected chi connectivity index (χ4v) is 4.77. The van der Waals surface area contributed by atoms with Crippen molar-refractivity contribution in [3.8, 4) is 11.5 Å². The predicted molar refractivity (Wildman–Crippen MR) is 115 cm³/mol. The first-order valence-electron chi connectivity index (χ1n) is 10.9. The minimum Gasteiger partial charge on any atom is -0.486 e. The molecule has 4 amide bonds. The highest BCUT2D eigenvalue weighted by molar-refractivity contribution is 6.09. The number of urea groups is 1. The first kappa shape index (κ1) is 20.4. The molecule has 0 unspecified atom stereocenters. The number of nitrogens with zero attached hydrogens (tertiary/aromatic N) is 2. The van der Waals surface area contributed by atoms with Crippen LogP contribution in [0.5, 0.6) is 11.5 Å². The molecule has 2 heterocycles. The zero-order valence-electron chi connectivity index (χ0n) is 17.9. The van der Waals surface area contributed by atoms with Crippen LogP contribution in [-0.2, 0) is 21.5 Å². The number of rotatable bonds is 5. The number of hydrogen-bond donors (Lipinski definition) is 1. The third-order valence-corrected chi connectivity index (χ3v) is 6.44. The van der Waals surface area contributed by atoms with Gasteiger partial charge < -0.3 is 19.7 Å². The van der Waals surface area contributed by atoms with Crippen molar-refractivity contribution in [2.24, 2.45) is 0 Å². The van der Waals surface area contributed by atoms with Crippen LogP contribution in [0.1, 0.15) is 24.5 Å². The number of benzene rings is 2. The number of fused-ring (bicyclic) bond motifs is 3. The van der Waals surface area contributed by atoms with Crippen molar-refractivity contribution in [2.45, 2.75) is 31.4 Å². The van der Waals surface area contributed by atoms with E-state index in [9.17, 15) is 14.4 Å². The van der Waals surface area contributed by atoms with E-state index in [1.807, 2.05) is 55.5 Å². The van der Waals surface area contributed by atoms with Gasteiger partial charge >= 0.3 is 6.03 Å². The second kappa shape index (κ2) is 7.85. The van der Waals surface area contributed by atoms with Crippen LogP contribution in [-0.4, -0.2) is 60.0 Å². The van der Waals surface area contributed by atoms with Gasteiger partial charge in [-0.1, -0.05) is 36.4 Å². The Morgan fingerprint density at radius 2 is 1.91 bits per heavy atom. The minimum absolute atomic E-state index is 0.299. The Balaban J connectivity index is 1.27. The summed E-state index contributed by atoms with van der Waals surface area (Å²) in [6, 6.07) is 14.5. The molecule has 2 aliphatic heterocycles.